The molecule has 0 saturated carbocycles. The smallest absolute Gasteiger partial charge is 0.222 e. The number of amides is 1. The van der Waals surface area contributed by atoms with Crippen molar-refractivity contribution in [1.29, 1.82) is 0 Å². The molecular formula is C17H34N2O. The molecule has 0 spiro atoms. The van der Waals surface area contributed by atoms with Crippen LogP contribution in [0.2, 0.25) is 0 Å². The van der Waals surface area contributed by atoms with Crippen LogP contribution < -0.4 is 5.73 Å². The van der Waals surface area contributed by atoms with Crippen molar-refractivity contribution in [3.8, 4) is 0 Å². The van der Waals surface area contributed by atoms with E-state index < -0.39 is 0 Å². The summed E-state index contributed by atoms with van der Waals surface area (Å²) < 4.78 is 0. The number of carbonyl (C=O) groups is 1. The second kappa shape index (κ2) is 5.67. The predicted molar refractivity (Wildman–Crippen MR) is 85.5 cm³/mol. The summed E-state index contributed by atoms with van der Waals surface area (Å²) in [7, 11) is 0. The maximum Gasteiger partial charge on any atom is 0.222 e. The zero-order valence-corrected chi connectivity index (χ0v) is 14.5. The van der Waals surface area contributed by atoms with Crippen molar-refractivity contribution in [3.05, 3.63) is 0 Å². The Kier molecular flexibility index (Phi) is 4.95. The summed E-state index contributed by atoms with van der Waals surface area (Å²) in [6.07, 6.45) is 3.64. The van der Waals surface area contributed by atoms with Crippen molar-refractivity contribution in [2.24, 2.45) is 16.6 Å². The van der Waals surface area contributed by atoms with Gasteiger partial charge in [-0.05, 0) is 37.5 Å². The first kappa shape index (κ1) is 17.5. The van der Waals surface area contributed by atoms with Crippen molar-refractivity contribution >= 4 is 5.91 Å². The Balaban J connectivity index is 3.13. The molecule has 1 rings (SSSR count). The van der Waals surface area contributed by atoms with Crippen LogP contribution in [0.3, 0.4) is 0 Å². The standard InChI is InChI=1S/C17H34N2O/c1-8-15(2,3)17(6,7)13(12-16(4,5)18)19-11-9-10-14(19)20/h13H,8-12,18H2,1-7H3. The molecule has 1 aliphatic heterocycles. The van der Waals surface area contributed by atoms with E-state index in [0.29, 0.717) is 12.3 Å². The molecule has 1 heterocycles. The predicted octanol–water partition coefficient (Wildman–Crippen LogP) is 3.57. The van der Waals surface area contributed by atoms with E-state index in [1.165, 1.54) is 0 Å². The summed E-state index contributed by atoms with van der Waals surface area (Å²) in [5.41, 5.74) is 6.25. The van der Waals surface area contributed by atoms with E-state index in [0.717, 1.165) is 25.8 Å². The van der Waals surface area contributed by atoms with Gasteiger partial charge in [-0.1, -0.05) is 41.0 Å². The maximum absolute atomic E-state index is 12.2. The lowest BCUT2D eigenvalue weighted by molar-refractivity contribution is -0.135. The molecule has 0 bridgehead atoms. The highest BCUT2D eigenvalue weighted by Crippen LogP contribution is 2.48. The highest BCUT2D eigenvalue weighted by Gasteiger charge is 2.47. The molecular weight excluding hydrogens is 248 g/mol. The fourth-order valence-electron chi connectivity index (χ4n) is 3.16. The van der Waals surface area contributed by atoms with Gasteiger partial charge in [-0.2, -0.15) is 0 Å². The summed E-state index contributed by atoms with van der Waals surface area (Å²) >= 11 is 0. The third-order valence-corrected chi connectivity index (χ3v) is 5.67. The van der Waals surface area contributed by atoms with Crippen LogP contribution in [0.1, 0.15) is 74.1 Å². The molecule has 2 N–H and O–H groups in total. The monoisotopic (exact) mass is 282 g/mol. The lowest BCUT2D eigenvalue weighted by atomic mass is 9.60. The van der Waals surface area contributed by atoms with Crippen molar-refractivity contribution in [1.82, 2.24) is 4.90 Å². The molecule has 0 aliphatic carbocycles. The fraction of sp³-hybridized carbons (Fsp3) is 0.941. The van der Waals surface area contributed by atoms with Crippen LogP contribution in [-0.4, -0.2) is 28.9 Å². The van der Waals surface area contributed by atoms with E-state index in [2.05, 4.69) is 53.4 Å². The van der Waals surface area contributed by atoms with Crippen LogP contribution in [0.15, 0.2) is 0 Å². The van der Waals surface area contributed by atoms with Crippen molar-refractivity contribution < 1.29 is 4.79 Å². The number of hydrogen-bond acceptors (Lipinski definition) is 2. The molecule has 0 aromatic heterocycles. The number of hydrogen-bond donors (Lipinski definition) is 1. The van der Waals surface area contributed by atoms with Gasteiger partial charge >= 0.3 is 0 Å². The van der Waals surface area contributed by atoms with E-state index >= 15 is 0 Å². The van der Waals surface area contributed by atoms with Crippen LogP contribution >= 0.6 is 0 Å². The summed E-state index contributed by atoms with van der Waals surface area (Å²) in [4.78, 5) is 14.4. The average molecular weight is 282 g/mol. The average Bonchev–Trinajstić information content (AvgIpc) is 2.70. The molecule has 118 valence electrons. The lowest BCUT2D eigenvalue weighted by Gasteiger charge is -2.51. The first-order chi connectivity index (χ1) is 8.92. The number of carbonyl (C=O) groups excluding carboxylic acids is 1. The highest BCUT2D eigenvalue weighted by molar-refractivity contribution is 5.78. The van der Waals surface area contributed by atoms with Gasteiger partial charge < -0.3 is 10.6 Å². The molecule has 1 unspecified atom stereocenters. The second-order valence-electron chi connectivity index (χ2n) is 8.36. The number of rotatable bonds is 6. The Bertz CT molecular complexity index is 352. The van der Waals surface area contributed by atoms with Crippen LogP contribution in [0.5, 0.6) is 0 Å². The van der Waals surface area contributed by atoms with Gasteiger partial charge in [0.25, 0.3) is 0 Å². The van der Waals surface area contributed by atoms with Gasteiger partial charge in [0.15, 0.2) is 0 Å². The van der Waals surface area contributed by atoms with E-state index in [1.54, 1.807) is 0 Å². The third kappa shape index (κ3) is 3.55. The van der Waals surface area contributed by atoms with E-state index in [9.17, 15) is 4.79 Å². The van der Waals surface area contributed by atoms with Crippen molar-refractivity contribution in [2.45, 2.75) is 85.7 Å². The Morgan fingerprint density at radius 3 is 2.10 bits per heavy atom. The SMILES string of the molecule is CCC(C)(C)C(C)(C)C(CC(C)(C)N)N1CCCC1=O. The van der Waals surface area contributed by atoms with Crippen LogP contribution in [-0.2, 0) is 4.79 Å². The quantitative estimate of drug-likeness (QED) is 0.809. The summed E-state index contributed by atoms with van der Waals surface area (Å²) in [5.74, 6) is 0.305. The molecule has 0 radical (unpaired) electrons. The molecule has 1 saturated heterocycles. The lowest BCUT2D eigenvalue weighted by Crippen LogP contribution is -2.55. The molecule has 1 amide bonds. The van der Waals surface area contributed by atoms with Crippen LogP contribution in [0.25, 0.3) is 0 Å². The topological polar surface area (TPSA) is 46.3 Å². The van der Waals surface area contributed by atoms with E-state index in [4.69, 9.17) is 5.73 Å². The van der Waals surface area contributed by atoms with Gasteiger partial charge in [-0.3, -0.25) is 4.79 Å². The fourth-order valence-corrected chi connectivity index (χ4v) is 3.16. The molecule has 1 aliphatic rings. The summed E-state index contributed by atoms with van der Waals surface area (Å²) in [5, 5.41) is 0. The Morgan fingerprint density at radius 1 is 1.20 bits per heavy atom. The molecule has 20 heavy (non-hydrogen) atoms. The van der Waals surface area contributed by atoms with Gasteiger partial charge in [0, 0.05) is 24.5 Å². The number of nitrogens with two attached hydrogens (primary N) is 1. The van der Waals surface area contributed by atoms with Gasteiger partial charge in [0.1, 0.15) is 0 Å². The van der Waals surface area contributed by atoms with E-state index in [1.807, 2.05) is 0 Å². The summed E-state index contributed by atoms with van der Waals surface area (Å²) in [6, 6.07) is 0.215. The Morgan fingerprint density at radius 2 is 1.75 bits per heavy atom. The maximum atomic E-state index is 12.2. The second-order valence-corrected chi connectivity index (χ2v) is 8.36. The first-order valence-electron chi connectivity index (χ1n) is 8.01. The minimum Gasteiger partial charge on any atom is -0.339 e. The zero-order valence-electron chi connectivity index (χ0n) is 14.5. The van der Waals surface area contributed by atoms with Gasteiger partial charge in [0.2, 0.25) is 5.91 Å². The van der Waals surface area contributed by atoms with Crippen molar-refractivity contribution in [2.75, 3.05) is 6.54 Å². The minimum atomic E-state index is -0.255. The van der Waals surface area contributed by atoms with Crippen molar-refractivity contribution in [3.63, 3.8) is 0 Å². The molecule has 1 atom stereocenters. The molecule has 0 aromatic carbocycles. The van der Waals surface area contributed by atoms with Crippen LogP contribution in [0, 0.1) is 10.8 Å². The van der Waals surface area contributed by atoms with Crippen LogP contribution in [0.4, 0.5) is 0 Å². The molecule has 3 nitrogen and oxygen atoms in total. The van der Waals surface area contributed by atoms with Gasteiger partial charge in [-0.15, -0.1) is 0 Å². The Hall–Kier alpha value is -0.570. The zero-order chi connectivity index (χ0) is 15.8. The first-order valence-corrected chi connectivity index (χ1v) is 8.01. The number of likely N-dealkylation sites (tertiary alicyclic amines) is 1. The molecule has 3 heteroatoms. The Labute approximate surface area is 125 Å². The molecule has 0 aromatic rings. The normalized spacial score (nSPS) is 19.6. The minimum absolute atomic E-state index is 0.0401. The van der Waals surface area contributed by atoms with Gasteiger partial charge in [0.05, 0.1) is 0 Å². The van der Waals surface area contributed by atoms with Gasteiger partial charge in [-0.25, -0.2) is 0 Å². The highest BCUT2D eigenvalue weighted by atomic mass is 16.2. The number of nitrogens with zero attached hydrogens (tertiary/aromatic N) is 1. The largest absolute Gasteiger partial charge is 0.339 e. The summed E-state index contributed by atoms with van der Waals surface area (Å²) in [6.45, 7) is 16.5. The third-order valence-electron chi connectivity index (χ3n) is 5.67. The molecule has 1 fully saturated rings. The van der Waals surface area contributed by atoms with E-state index in [-0.39, 0.29) is 22.4 Å².